The van der Waals surface area contributed by atoms with E-state index in [2.05, 4.69) is 21.2 Å². The van der Waals surface area contributed by atoms with E-state index in [4.69, 9.17) is 16.3 Å². The van der Waals surface area contributed by atoms with Crippen LogP contribution in [-0.2, 0) is 4.79 Å². The number of carbonyl (C=O) groups is 1. The summed E-state index contributed by atoms with van der Waals surface area (Å²) >= 11 is 9.17. The summed E-state index contributed by atoms with van der Waals surface area (Å²) in [6.07, 6.45) is -0.608. The normalized spacial score (nSPS) is 11.8. The maximum atomic E-state index is 12.1. The molecule has 2 rings (SSSR count). The number of halogens is 2. The number of nitrogens with one attached hydrogen (secondary N) is 1. The molecule has 0 aliphatic carbocycles. The van der Waals surface area contributed by atoms with Gasteiger partial charge in [0.15, 0.2) is 6.10 Å². The van der Waals surface area contributed by atoms with E-state index in [1.165, 1.54) is 0 Å². The molecular formula is C15H13BrClNO2. The molecule has 0 heterocycles. The monoisotopic (exact) mass is 353 g/mol. The molecule has 0 spiro atoms. The fraction of sp³-hybridized carbons (Fsp3) is 0.133. The second kappa shape index (κ2) is 6.77. The highest BCUT2D eigenvalue weighted by Crippen LogP contribution is 2.22. The van der Waals surface area contributed by atoms with Crippen molar-refractivity contribution in [3.63, 3.8) is 0 Å². The third kappa shape index (κ3) is 3.99. The standard InChI is InChI=1S/C15H13BrClNO2/c1-10(20-12-8-6-11(17)7-9-12)15(19)18-14-5-3-2-4-13(14)16/h2-10H,1H3,(H,18,19). The van der Waals surface area contributed by atoms with Crippen molar-refractivity contribution in [2.45, 2.75) is 13.0 Å². The van der Waals surface area contributed by atoms with E-state index in [9.17, 15) is 4.79 Å². The average Bonchev–Trinajstić information content (AvgIpc) is 2.44. The van der Waals surface area contributed by atoms with Crippen LogP contribution in [0.25, 0.3) is 0 Å². The van der Waals surface area contributed by atoms with E-state index in [1.807, 2.05) is 24.3 Å². The van der Waals surface area contributed by atoms with Gasteiger partial charge in [0.25, 0.3) is 5.91 Å². The quantitative estimate of drug-likeness (QED) is 0.877. The first-order valence-electron chi connectivity index (χ1n) is 6.04. The number of rotatable bonds is 4. The minimum absolute atomic E-state index is 0.216. The summed E-state index contributed by atoms with van der Waals surface area (Å²) in [5.41, 5.74) is 0.712. The number of benzene rings is 2. The van der Waals surface area contributed by atoms with Gasteiger partial charge in [-0.15, -0.1) is 0 Å². The highest BCUT2D eigenvalue weighted by molar-refractivity contribution is 9.10. The van der Waals surface area contributed by atoms with Crippen LogP contribution in [0.5, 0.6) is 5.75 Å². The van der Waals surface area contributed by atoms with Crippen molar-refractivity contribution in [1.29, 1.82) is 0 Å². The summed E-state index contributed by atoms with van der Waals surface area (Å²) < 4.78 is 6.38. The molecule has 3 nitrogen and oxygen atoms in total. The molecule has 20 heavy (non-hydrogen) atoms. The van der Waals surface area contributed by atoms with E-state index in [0.29, 0.717) is 16.5 Å². The van der Waals surface area contributed by atoms with Crippen LogP contribution in [0, 0.1) is 0 Å². The third-order valence-corrected chi connectivity index (χ3v) is 3.57. The Morgan fingerprint density at radius 3 is 2.50 bits per heavy atom. The third-order valence-electron chi connectivity index (χ3n) is 2.63. The van der Waals surface area contributed by atoms with Crippen LogP contribution in [0.3, 0.4) is 0 Å². The first kappa shape index (κ1) is 14.9. The van der Waals surface area contributed by atoms with E-state index >= 15 is 0 Å². The van der Waals surface area contributed by atoms with E-state index < -0.39 is 6.10 Å². The zero-order chi connectivity index (χ0) is 14.5. The maximum absolute atomic E-state index is 12.1. The van der Waals surface area contributed by atoms with Crippen molar-refractivity contribution in [2.75, 3.05) is 5.32 Å². The fourth-order valence-corrected chi connectivity index (χ4v) is 2.08. The van der Waals surface area contributed by atoms with Crippen molar-refractivity contribution in [3.05, 3.63) is 58.0 Å². The van der Waals surface area contributed by atoms with Gasteiger partial charge in [-0.3, -0.25) is 4.79 Å². The molecule has 0 aliphatic heterocycles. The van der Waals surface area contributed by atoms with Crippen LogP contribution < -0.4 is 10.1 Å². The smallest absolute Gasteiger partial charge is 0.265 e. The summed E-state index contributed by atoms with van der Waals surface area (Å²) in [5.74, 6) is 0.385. The zero-order valence-corrected chi connectivity index (χ0v) is 13.1. The van der Waals surface area contributed by atoms with Crippen LogP contribution in [0.1, 0.15) is 6.92 Å². The Bertz CT molecular complexity index is 601. The summed E-state index contributed by atoms with van der Waals surface area (Å²) in [7, 11) is 0. The van der Waals surface area contributed by atoms with Crippen LogP contribution in [0.4, 0.5) is 5.69 Å². The number of hydrogen-bond donors (Lipinski definition) is 1. The minimum atomic E-state index is -0.608. The van der Waals surface area contributed by atoms with Crippen LogP contribution in [-0.4, -0.2) is 12.0 Å². The number of ether oxygens (including phenoxy) is 1. The van der Waals surface area contributed by atoms with Gasteiger partial charge >= 0.3 is 0 Å². The lowest BCUT2D eigenvalue weighted by molar-refractivity contribution is -0.122. The molecule has 0 aromatic heterocycles. The van der Waals surface area contributed by atoms with E-state index in [0.717, 1.165) is 4.47 Å². The highest BCUT2D eigenvalue weighted by atomic mass is 79.9. The van der Waals surface area contributed by atoms with Gasteiger partial charge in [-0.05, 0) is 59.3 Å². The summed E-state index contributed by atoms with van der Waals surface area (Å²) in [5, 5.41) is 3.43. The summed E-state index contributed by atoms with van der Waals surface area (Å²) in [6.45, 7) is 1.70. The second-order valence-corrected chi connectivity index (χ2v) is 5.47. The first-order valence-corrected chi connectivity index (χ1v) is 7.21. The molecule has 1 N–H and O–H groups in total. The van der Waals surface area contributed by atoms with Gasteiger partial charge in [-0.1, -0.05) is 23.7 Å². The van der Waals surface area contributed by atoms with Gasteiger partial charge in [-0.25, -0.2) is 0 Å². The first-order chi connectivity index (χ1) is 9.56. The maximum Gasteiger partial charge on any atom is 0.265 e. The van der Waals surface area contributed by atoms with Gasteiger partial charge in [0.1, 0.15) is 5.75 Å². The van der Waals surface area contributed by atoms with Crippen LogP contribution >= 0.6 is 27.5 Å². The largest absolute Gasteiger partial charge is 0.481 e. The van der Waals surface area contributed by atoms with Crippen molar-refractivity contribution in [1.82, 2.24) is 0 Å². The molecule has 5 heteroatoms. The lowest BCUT2D eigenvalue weighted by atomic mass is 10.3. The molecule has 0 saturated heterocycles. The van der Waals surface area contributed by atoms with E-state index in [1.54, 1.807) is 31.2 Å². The highest BCUT2D eigenvalue weighted by Gasteiger charge is 2.15. The molecule has 2 aromatic rings. The van der Waals surface area contributed by atoms with Gasteiger partial charge in [-0.2, -0.15) is 0 Å². The van der Waals surface area contributed by atoms with Crippen molar-refractivity contribution in [3.8, 4) is 5.75 Å². The molecule has 1 atom stereocenters. The average molecular weight is 355 g/mol. The Labute approximate surface area is 131 Å². The molecule has 1 amide bonds. The fourth-order valence-electron chi connectivity index (χ4n) is 1.57. The lowest BCUT2D eigenvalue weighted by Crippen LogP contribution is -2.30. The number of anilines is 1. The van der Waals surface area contributed by atoms with Gasteiger partial charge in [0, 0.05) is 9.50 Å². The van der Waals surface area contributed by atoms with Crippen LogP contribution in [0.2, 0.25) is 5.02 Å². The Hall–Kier alpha value is -1.52. The summed E-state index contributed by atoms with van der Waals surface area (Å²) in [4.78, 5) is 12.1. The Balaban J connectivity index is 1.99. The number of amides is 1. The van der Waals surface area contributed by atoms with Crippen molar-refractivity contribution < 1.29 is 9.53 Å². The zero-order valence-electron chi connectivity index (χ0n) is 10.8. The van der Waals surface area contributed by atoms with Gasteiger partial charge in [0.05, 0.1) is 5.69 Å². The second-order valence-electron chi connectivity index (χ2n) is 4.18. The van der Waals surface area contributed by atoms with Crippen molar-refractivity contribution >= 4 is 39.1 Å². The molecule has 0 fully saturated rings. The predicted octanol–water partition coefficient (Wildman–Crippen LogP) is 4.51. The molecular weight excluding hydrogens is 342 g/mol. The predicted molar refractivity (Wildman–Crippen MR) is 84.3 cm³/mol. The van der Waals surface area contributed by atoms with Crippen molar-refractivity contribution in [2.24, 2.45) is 0 Å². The SMILES string of the molecule is CC(Oc1ccc(Cl)cc1)C(=O)Nc1ccccc1Br. The Kier molecular flexibility index (Phi) is 5.04. The lowest BCUT2D eigenvalue weighted by Gasteiger charge is -2.15. The van der Waals surface area contributed by atoms with E-state index in [-0.39, 0.29) is 5.91 Å². The molecule has 0 saturated carbocycles. The molecule has 2 aromatic carbocycles. The number of hydrogen-bond acceptors (Lipinski definition) is 2. The molecule has 1 unspecified atom stereocenters. The van der Waals surface area contributed by atoms with Crippen LogP contribution in [0.15, 0.2) is 53.0 Å². The molecule has 0 radical (unpaired) electrons. The molecule has 104 valence electrons. The Morgan fingerprint density at radius 2 is 1.85 bits per heavy atom. The Morgan fingerprint density at radius 1 is 1.20 bits per heavy atom. The molecule has 0 aliphatic rings. The molecule has 0 bridgehead atoms. The minimum Gasteiger partial charge on any atom is -0.481 e. The van der Waals surface area contributed by atoms with Gasteiger partial charge in [0.2, 0.25) is 0 Å². The topological polar surface area (TPSA) is 38.3 Å². The summed E-state index contributed by atoms with van der Waals surface area (Å²) in [6, 6.07) is 14.3. The van der Waals surface area contributed by atoms with Gasteiger partial charge < -0.3 is 10.1 Å². The number of carbonyl (C=O) groups excluding carboxylic acids is 1. The number of para-hydroxylation sites is 1.